The van der Waals surface area contributed by atoms with Crippen molar-refractivity contribution in [2.75, 3.05) is 5.32 Å². The molecule has 142 valence electrons. The van der Waals surface area contributed by atoms with E-state index in [2.05, 4.69) is 20.0 Å². The van der Waals surface area contributed by atoms with E-state index in [0.29, 0.717) is 6.07 Å². The molecule has 1 amide bonds. The summed E-state index contributed by atoms with van der Waals surface area (Å²) in [7, 11) is 0. The monoisotopic (exact) mass is 386 g/mol. The Kier molecular flexibility index (Phi) is 6.06. The van der Waals surface area contributed by atoms with Gasteiger partial charge in [-0.05, 0) is 12.1 Å². The van der Waals surface area contributed by atoms with Crippen molar-refractivity contribution in [2.45, 2.75) is 6.36 Å². The van der Waals surface area contributed by atoms with Crippen molar-refractivity contribution < 1.29 is 31.5 Å². The standard InChI is InChI=1S/C16H11F5N4O2/c17-10-1-9(2-13(4-10)27-16(19,20)21)14(5-15(22)24-8-26)25-12-3-11(18)6-23-7-12/h1-8,25H,(H2,22,24,26)/b14-5-. The maximum absolute atomic E-state index is 13.8. The molecule has 0 saturated heterocycles. The lowest BCUT2D eigenvalue weighted by molar-refractivity contribution is -0.274. The first-order chi connectivity index (χ1) is 12.7. The fourth-order valence-electron chi connectivity index (χ4n) is 1.98. The zero-order valence-corrected chi connectivity index (χ0v) is 13.3. The van der Waals surface area contributed by atoms with Crippen LogP contribution in [-0.4, -0.2) is 23.6 Å². The second-order valence-electron chi connectivity index (χ2n) is 4.96. The molecule has 2 aromatic rings. The zero-order chi connectivity index (χ0) is 20.0. The van der Waals surface area contributed by atoms with E-state index < -0.39 is 23.7 Å². The number of aromatic nitrogens is 1. The van der Waals surface area contributed by atoms with Crippen molar-refractivity contribution in [1.29, 1.82) is 0 Å². The maximum atomic E-state index is 13.8. The Morgan fingerprint density at radius 2 is 1.89 bits per heavy atom. The molecule has 0 radical (unpaired) electrons. The number of aliphatic imine (C=N–C) groups is 1. The third-order valence-electron chi connectivity index (χ3n) is 2.89. The number of hydrogen-bond acceptors (Lipinski definition) is 4. The number of benzene rings is 1. The average Bonchev–Trinajstić information content (AvgIpc) is 2.52. The van der Waals surface area contributed by atoms with Crippen molar-refractivity contribution in [2.24, 2.45) is 10.7 Å². The molecule has 0 aliphatic heterocycles. The molecular weight excluding hydrogens is 375 g/mol. The van der Waals surface area contributed by atoms with Crippen LogP contribution >= 0.6 is 0 Å². The van der Waals surface area contributed by atoms with E-state index in [1.54, 1.807) is 0 Å². The molecule has 0 saturated carbocycles. The normalized spacial score (nSPS) is 12.6. The summed E-state index contributed by atoms with van der Waals surface area (Å²) >= 11 is 0. The summed E-state index contributed by atoms with van der Waals surface area (Å²) in [5, 5.41) is 2.62. The predicted octanol–water partition coefficient (Wildman–Crippen LogP) is 3.23. The number of nitrogens with two attached hydrogens (primary N) is 1. The number of carbonyl (C=O) groups excluding carboxylic acids is 1. The van der Waals surface area contributed by atoms with Gasteiger partial charge in [-0.1, -0.05) is 0 Å². The van der Waals surface area contributed by atoms with Gasteiger partial charge in [-0.3, -0.25) is 9.78 Å². The molecule has 1 aromatic carbocycles. The van der Waals surface area contributed by atoms with E-state index in [0.717, 1.165) is 30.5 Å². The number of nitrogens with zero attached hydrogens (tertiary/aromatic N) is 2. The highest BCUT2D eigenvalue weighted by atomic mass is 19.4. The van der Waals surface area contributed by atoms with Crippen molar-refractivity contribution in [1.82, 2.24) is 4.98 Å². The number of halogens is 5. The van der Waals surface area contributed by atoms with E-state index in [9.17, 15) is 26.7 Å². The second-order valence-corrected chi connectivity index (χ2v) is 4.96. The Labute approximate surface area is 149 Å². The molecule has 0 spiro atoms. The van der Waals surface area contributed by atoms with Crippen molar-refractivity contribution in [3.8, 4) is 5.75 Å². The lowest BCUT2D eigenvalue weighted by Gasteiger charge is -2.14. The summed E-state index contributed by atoms with van der Waals surface area (Å²) in [5.74, 6) is -2.90. The van der Waals surface area contributed by atoms with Gasteiger partial charge in [-0.15, -0.1) is 13.2 Å². The van der Waals surface area contributed by atoms with Crippen LogP contribution in [-0.2, 0) is 4.79 Å². The number of nitrogens with one attached hydrogen (secondary N) is 1. The van der Waals surface area contributed by atoms with Gasteiger partial charge < -0.3 is 15.8 Å². The van der Waals surface area contributed by atoms with Gasteiger partial charge in [0.2, 0.25) is 6.41 Å². The van der Waals surface area contributed by atoms with Crippen molar-refractivity contribution in [3.63, 3.8) is 0 Å². The molecule has 6 nitrogen and oxygen atoms in total. The van der Waals surface area contributed by atoms with Crippen LogP contribution in [0, 0.1) is 11.6 Å². The minimum atomic E-state index is -5.03. The SMILES string of the molecule is NC(/C=C(\Nc1cncc(F)c1)c1cc(F)cc(OC(F)(F)F)c1)=NC=O. The highest BCUT2D eigenvalue weighted by Gasteiger charge is 2.31. The van der Waals surface area contributed by atoms with Crippen molar-refractivity contribution >= 4 is 23.6 Å². The fourth-order valence-corrected chi connectivity index (χ4v) is 1.98. The molecule has 27 heavy (non-hydrogen) atoms. The Morgan fingerprint density at radius 1 is 1.15 bits per heavy atom. The first-order valence-corrected chi connectivity index (χ1v) is 7.09. The van der Waals surface area contributed by atoms with Crippen LogP contribution in [0.15, 0.2) is 47.7 Å². The summed E-state index contributed by atoms with van der Waals surface area (Å²) in [4.78, 5) is 17.3. The number of amides is 1. The number of anilines is 1. The first-order valence-electron chi connectivity index (χ1n) is 7.09. The summed E-state index contributed by atoms with van der Waals surface area (Å²) < 4.78 is 68.0. The Morgan fingerprint density at radius 3 is 2.52 bits per heavy atom. The molecule has 3 N–H and O–H groups in total. The molecule has 11 heteroatoms. The third-order valence-corrected chi connectivity index (χ3v) is 2.89. The van der Waals surface area contributed by atoms with Gasteiger partial charge in [-0.2, -0.15) is 4.99 Å². The number of amidine groups is 1. The van der Waals surface area contributed by atoms with Gasteiger partial charge in [0.05, 0.1) is 18.1 Å². The van der Waals surface area contributed by atoms with Crippen molar-refractivity contribution in [3.05, 3.63) is 59.9 Å². The lowest BCUT2D eigenvalue weighted by Crippen LogP contribution is -2.17. The number of hydrogen-bond donors (Lipinski definition) is 2. The van der Waals surface area contributed by atoms with Crippen LogP contribution in [0.4, 0.5) is 27.6 Å². The maximum Gasteiger partial charge on any atom is 0.573 e. The van der Waals surface area contributed by atoms with Gasteiger partial charge in [-0.25, -0.2) is 8.78 Å². The predicted molar refractivity (Wildman–Crippen MR) is 86.6 cm³/mol. The van der Waals surface area contributed by atoms with Crippen LogP contribution in [0.25, 0.3) is 5.70 Å². The van der Waals surface area contributed by atoms with E-state index in [4.69, 9.17) is 5.73 Å². The second kappa shape index (κ2) is 8.25. The Balaban J connectivity index is 2.50. The largest absolute Gasteiger partial charge is 0.573 e. The third kappa shape index (κ3) is 6.38. The molecule has 0 atom stereocenters. The molecule has 0 aliphatic carbocycles. The highest BCUT2D eigenvalue weighted by molar-refractivity contribution is 6.02. The van der Waals surface area contributed by atoms with Crippen LogP contribution < -0.4 is 15.8 Å². The molecule has 0 fully saturated rings. The smallest absolute Gasteiger partial charge is 0.406 e. The summed E-state index contributed by atoms with van der Waals surface area (Å²) in [6.45, 7) is 0. The van der Waals surface area contributed by atoms with Crippen LogP contribution in [0.2, 0.25) is 0 Å². The number of pyridine rings is 1. The molecule has 0 unspecified atom stereocenters. The molecular formula is C16H11F5N4O2. The van der Waals surface area contributed by atoms with E-state index in [1.165, 1.54) is 6.20 Å². The fraction of sp³-hybridized carbons (Fsp3) is 0.0625. The van der Waals surface area contributed by atoms with E-state index >= 15 is 0 Å². The number of rotatable bonds is 6. The van der Waals surface area contributed by atoms with E-state index in [-0.39, 0.29) is 29.2 Å². The minimum absolute atomic E-state index is 0.0858. The van der Waals surface area contributed by atoms with Gasteiger partial charge in [0, 0.05) is 29.5 Å². The summed E-state index contributed by atoms with van der Waals surface area (Å²) in [5.41, 5.74) is 5.35. The van der Waals surface area contributed by atoms with E-state index in [1.807, 2.05) is 0 Å². The van der Waals surface area contributed by atoms with Gasteiger partial charge in [0.1, 0.15) is 23.2 Å². The average molecular weight is 386 g/mol. The quantitative estimate of drug-likeness (QED) is 0.344. The highest BCUT2D eigenvalue weighted by Crippen LogP contribution is 2.28. The van der Waals surface area contributed by atoms with Gasteiger partial charge in [0.15, 0.2) is 0 Å². The zero-order valence-electron chi connectivity index (χ0n) is 13.3. The first kappa shape index (κ1) is 19.8. The number of ether oxygens (including phenoxy) is 1. The molecule has 2 rings (SSSR count). The molecule has 0 bridgehead atoms. The Hall–Kier alpha value is -3.50. The molecule has 1 aromatic heterocycles. The summed E-state index contributed by atoms with van der Waals surface area (Å²) in [6.07, 6.45) is -1.72. The molecule has 0 aliphatic rings. The number of alkyl halides is 3. The van der Waals surface area contributed by atoms with Crippen LogP contribution in [0.1, 0.15) is 5.56 Å². The molecule has 1 heterocycles. The van der Waals surface area contributed by atoms with Gasteiger partial charge in [0.25, 0.3) is 0 Å². The van der Waals surface area contributed by atoms with Gasteiger partial charge >= 0.3 is 6.36 Å². The van der Waals surface area contributed by atoms with Crippen LogP contribution in [0.3, 0.4) is 0 Å². The lowest BCUT2D eigenvalue weighted by atomic mass is 10.1. The number of carbonyl (C=O) groups is 1. The Bertz CT molecular complexity index is 897. The minimum Gasteiger partial charge on any atom is -0.406 e. The van der Waals surface area contributed by atoms with Crippen LogP contribution in [0.5, 0.6) is 5.75 Å². The topological polar surface area (TPSA) is 89.6 Å². The summed E-state index contributed by atoms with van der Waals surface area (Å²) in [6, 6.07) is 3.31.